The third-order valence-corrected chi connectivity index (χ3v) is 6.53. The van der Waals surface area contributed by atoms with Gasteiger partial charge in [-0.2, -0.15) is 0 Å². The predicted molar refractivity (Wildman–Crippen MR) is 166 cm³/mol. The summed E-state index contributed by atoms with van der Waals surface area (Å²) < 4.78 is 5.80. The molecule has 0 atom stereocenters. The van der Waals surface area contributed by atoms with Crippen molar-refractivity contribution in [2.24, 2.45) is 0 Å². The summed E-state index contributed by atoms with van der Waals surface area (Å²) in [7, 11) is 0. The zero-order chi connectivity index (χ0) is 29.8. The molecule has 9 heteroatoms. The second-order valence-corrected chi connectivity index (χ2v) is 11.0. The van der Waals surface area contributed by atoms with Crippen LogP contribution < -0.4 is 26.2 Å². The number of carbonyl (C=O) groups is 3. The van der Waals surface area contributed by atoms with Crippen molar-refractivity contribution in [2.75, 3.05) is 11.9 Å². The fraction of sp³-hybridized carbons (Fsp3) is 0.312. The molecule has 0 aliphatic heterocycles. The Hall–Kier alpha value is -4.24. The van der Waals surface area contributed by atoms with E-state index in [0.29, 0.717) is 34.7 Å². The maximum absolute atomic E-state index is 12.7. The third kappa shape index (κ3) is 9.72. The Morgan fingerprint density at radius 2 is 1.39 bits per heavy atom. The Kier molecular flexibility index (Phi) is 11.4. The summed E-state index contributed by atoms with van der Waals surface area (Å²) >= 11 is 5.17. The van der Waals surface area contributed by atoms with E-state index in [2.05, 4.69) is 49.2 Å². The Morgan fingerprint density at radius 1 is 0.756 bits per heavy atom. The van der Waals surface area contributed by atoms with Crippen LogP contribution in [-0.4, -0.2) is 29.4 Å². The fourth-order valence-corrected chi connectivity index (χ4v) is 4.05. The average molecular weight is 575 g/mol. The molecule has 0 aliphatic rings. The highest BCUT2D eigenvalue weighted by molar-refractivity contribution is 7.80. The summed E-state index contributed by atoms with van der Waals surface area (Å²) in [6.07, 6.45) is 4.26. The average Bonchev–Trinajstić information content (AvgIpc) is 2.96. The maximum atomic E-state index is 12.7. The highest BCUT2D eigenvalue weighted by atomic mass is 32.1. The van der Waals surface area contributed by atoms with Gasteiger partial charge in [-0.1, -0.05) is 71.2 Å². The van der Waals surface area contributed by atoms with E-state index in [1.165, 1.54) is 0 Å². The molecular formula is C32H38N4O4S. The summed E-state index contributed by atoms with van der Waals surface area (Å²) in [6, 6.07) is 20.8. The molecule has 0 radical (unpaired) electrons. The number of nitrogens with one attached hydrogen (secondary N) is 4. The lowest BCUT2D eigenvalue weighted by Gasteiger charge is -2.19. The largest absolute Gasteiger partial charge is 0.493 e. The van der Waals surface area contributed by atoms with Crippen LogP contribution in [0.3, 0.4) is 0 Å². The molecule has 216 valence electrons. The number of anilines is 1. The van der Waals surface area contributed by atoms with Crippen molar-refractivity contribution in [3.05, 3.63) is 95.1 Å². The van der Waals surface area contributed by atoms with E-state index in [9.17, 15) is 14.4 Å². The first kappa shape index (κ1) is 31.3. The van der Waals surface area contributed by atoms with Crippen molar-refractivity contribution in [3.8, 4) is 5.75 Å². The molecule has 3 amide bonds. The first-order valence-corrected chi connectivity index (χ1v) is 14.1. The first-order chi connectivity index (χ1) is 19.6. The highest BCUT2D eigenvalue weighted by Crippen LogP contribution is 2.23. The summed E-state index contributed by atoms with van der Waals surface area (Å²) in [6.45, 7) is 9.02. The zero-order valence-electron chi connectivity index (χ0n) is 24.0. The normalized spacial score (nSPS) is 10.8. The summed E-state index contributed by atoms with van der Waals surface area (Å²) in [5.74, 6) is -0.682. The van der Waals surface area contributed by atoms with E-state index in [4.69, 9.17) is 17.0 Å². The Labute approximate surface area is 247 Å². The van der Waals surface area contributed by atoms with E-state index in [0.717, 1.165) is 31.2 Å². The molecule has 0 spiro atoms. The number of rotatable bonds is 10. The lowest BCUT2D eigenvalue weighted by Crippen LogP contribution is -2.48. The van der Waals surface area contributed by atoms with Crippen molar-refractivity contribution < 1.29 is 19.1 Å². The fourth-order valence-electron chi connectivity index (χ4n) is 3.91. The Morgan fingerprint density at radius 3 is 2.05 bits per heavy atom. The minimum Gasteiger partial charge on any atom is -0.493 e. The van der Waals surface area contributed by atoms with Crippen LogP contribution in [0, 0.1) is 0 Å². The number of hydrazine groups is 1. The smallest absolute Gasteiger partial charge is 0.269 e. The number of hydrogen-bond donors (Lipinski definition) is 4. The van der Waals surface area contributed by atoms with Crippen LogP contribution in [0.4, 0.5) is 5.69 Å². The van der Waals surface area contributed by atoms with Crippen LogP contribution in [0.2, 0.25) is 0 Å². The number of thiocarbonyl (C=S) groups is 1. The zero-order valence-corrected chi connectivity index (χ0v) is 24.8. The van der Waals surface area contributed by atoms with Gasteiger partial charge in [0.05, 0.1) is 12.2 Å². The van der Waals surface area contributed by atoms with Gasteiger partial charge in [0.25, 0.3) is 17.7 Å². The van der Waals surface area contributed by atoms with Crippen LogP contribution in [0.25, 0.3) is 0 Å². The second kappa shape index (κ2) is 14.9. The molecule has 0 aliphatic carbocycles. The van der Waals surface area contributed by atoms with Gasteiger partial charge in [-0.15, -0.1) is 0 Å². The summed E-state index contributed by atoms with van der Waals surface area (Å²) in [5, 5.41) is 5.32. The van der Waals surface area contributed by atoms with Gasteiger partial charge in [0.2, 0.25) is 0 Å². The van der Waals surface area contributed by atoms with Crippen molar-refractivity contribution in [1.82, 2.24) is 16.2 Å². The predicted octanol–water partition coefficient (Wildman–Crippen LogP) is 6.14. The monoisotopic (exact) mass is 574 g/mol. The molecule has 0 unspecified atom stereocenters. The molecule has 0 aromatic heterocycles. The van der Waals surface area contributed by atoms with E-state index in [1.807, 2.05) is 12.1 Å². The molecule has 41 heavy (non-hydrogen) atoms. The molecule has 0 fully saturated rings. The second-order valence-electron chi connectivity index (χ2n) is 10.6. The van der Waals surface area contributed by atoms with E-state index < -0.39 is 11.8 Å². The molecule has 3 rings (SSSR count). The van der Waals surface area contributed by atoms with Gasteiger partial charge in [-0.3, -0.25) is 30.6 Å². The van der Waals surface area contributed by atoms with Gasteiger partial charge in [-0.05, 0) is 78.1 Å². The van der Waals surface area contributed by atoms with Crippen molar-refractivity contribution in [1.29, 1.82) is 0 Å². The molecule has 0 heterocycles. The number of para-hydroxylation sites is 1. The molecule has 8 nitrogen and oxygen atoms in total. The van der Waals surface area contributed by atoms with Crippen molar-refractivity contribution >= 4 is 40.7 Å². The topological polar surface area (TPSA) is 109 Å². The number of ether oxygens (including phenoxy) is 1. The highest BCUT2D eigenvalue weighted by Gasteiger charge is 2.16. The van der Waals surface area contributed by atoms with Crippen LogP contribution >= 0.6 is 12.2 Å². The minimum absolute atomic E-state index is 0.00320. The van der Waals surface area contributed by atoms with Gasteiger partial charge >= 0.3 is 0 Å². The lowest BCUT2D eigenvalue weighted by atomic mass is 9.87. The molecule has 0 saturated heterocycles. The van der Waals surface area contributed by atoms with Crippen molar-refractivity contribution in [3.63, 3.8) is 0 Å². The van der Waals surface area contributed by atoms with Crippen LogP contribution in [-0.2, 0) is 5.41 Å². The van der Waals surface area contributed by atoms with Gasteiger partial charge < -0.3 is 10.1 Å². The molecule has 3 aromatic carbocycles. The van der Waals surface area contributed by atoms with Crippen LogP contribution in [0.15, 0.2) is 72.8 Å². The SMILES string of the molecule is CCCCCCOc1ccccc1C(=O)NC(=S)NNC(=O)c1ccc(NC(=O)c2ccc(C(C)(C)C)cc2)cc1. The van der Waals surface area contributed by atoms with Gasteiger partial charge in [0.15, 0.2) is 5.11 Å². The van der Waals surface area contributed by atoms with E-state index in [1.54, 1.807) is 60.7 Å². The quantitative estimate of drug-likeness (QED) is 0.132. The maximum Gasteiger partial charge on any atom is 0.269 e. The van der Waals surface area contributed by atoms with Gasteiger partial charge in [0.1, 0.15) is 5.75 Å². The standard InChI is InChI=1S/C32H38N4O4S/c1-5-6-7-10-21-40-27-12-9-8-11-26(27)30(39)34-31(41)36-35-29(38)23-15-19-25(20-16-23)33-28(37)22-13-17-24(18-14-22)32(2,3)4/h8-9,11-20H,5-7,10,21H2,1-4H3,(H,33,37)(H,35,38)(H2,34,36,39,41). The Bertz CT molecular complexity index is 1350. The molecule has 0 saturated carbocycles. The minimum atomic E-state index is -0.465. The number of unbranched alkanes of at least 4 members (excludes halogenated alkanes) is 3. The molecule has 3 aromatic rings. The van der Waals surface area contributed by atoms with E-state index >= 15 is 0 Å². The third-order valence-electron chi connectivity index (χ3n) is 6.32. The number of hydrogen-bond acceptors (Lipinski definition) is 5. The number of carbonyl (C=O) groups excluding carboxylic acids is 3. The Balaban J connectivity index is 1.47. The molecular weight excluding hydrogens is 536 g/mol. The first-order valence-electron chi connectivity index (χ1n) is 13.7. The molecule has 0 bridgehead atoms. The van der Waals surface area contributed by atoms with E-state index in [-0.39, 0.29) is 16.4 Å². The summed E-state index contributed by atoms with van der Waals surface area (Å²) in [5.41, 5.74) is 7.92. The van der Waals surface area contributed by atoms with Crippen molar-refractivity contribution in [2.45, 2.75) is 58.8 Å². The lowest BCUT2D eigenvalue weighted by molar-refractivity contribution is 0.0933. The van der Waals surface area contributed by atoms with Crippen LogP contribution in [0.1, 0.15) is 90.0 Å². The number of benzene rings is 3. The van der Waals surface area contributed by atoms with Gasteiger partial charge in [0, 0.05) is 16.8 Å². The number of amides is 3. The van der Waals surface area contributed by atoms with Crippen LogP contribution in [0.5, 0.6) is 5.75 Å². The molecule has 4 N–H and O–H groups in total. The van der Waals surface area contributed by atoms with Gasteiger partial charge in [-0.25, -0.2) is 0 Å². The summed E-state index contributed by atoms with van der Waals surface area (Å²) in [4.78, 5) is 37.9.